The van der Waals surface area contributed by atoms with Gasteiger partial charge in [-0.2, -0.15) is 11.8 Å². The van der Waals surface area contributed by atoms with Gasteiger partial charge in [0.15, 0.2) is 0 Å². The van der Waals surface area contributed by atoms with Crippen LogP contribution in [0.25, 0.3) is 0 Å². The van der Waals surface area contributed by atoms with Gasteiger partial charge in [0.1, 0.15) is 18.2 Å². The Hall–Kier alpha value is -2.68. The first-order chi connectivity index (χ1) is 13.6. The van der Waals surface area contributed by atoms with Gasteiger partial charge >= 0.3 is 6.09 Å². The number of halogens is 1. The van der Waals surface area contributed by atoms with Gasteiger partial charge in [0.25, 0.3) is 5.91 Å². The van der Waals surface area contributed by atoms with Crippen molar-refractivity contribution in [3.05, 3.63) is 48.2 Å². The van der Waals surface area contributed by atoms with Crippen LogP contribution in [0.4, 0.5) is 20.6 Å². The Labute approximate surface area is 165 Å². The molecule has 0 unspecified atom stereocenters. The highest BCUT2D eigenvalue weighted by Crippen LogP contribution is 2.29. The van der Waals surface area contributed by atoms with E-state index in [1.807, 2.05) is 16.7 Å². The summed E-state index contributed by atoms with van der Waals surface area (Å²) in [7, 11) is 0. The van der Waals surface area contributed by atoms with Crippen molar-refractivity contribution in [3.8, 4) is 0 Å². The number of furan rings is 1. The molecular formula is C19H20FN3O4S. The van der Waals surface area contributed by atoms with Crippen molar-refractivity contribution < 1.29 is 23.1 Å². The predicted octanol–water partition coefficient (Wildman–Crippen LogP) is 2.73. The number of nitrogens with zero attached hydrogens (tertiary/aromatic N) is 2. The van der Waals surface area contributed by atoms with Crippen LogP contribution in [0.1, 0.15) is 10.4 Å². The number of carbonyl (C=O) groups excluding carboxylic acids is 2. The van der Waals surface area contributed by atoms with Crippen LogP contribution >= 0.6 is 11.8 Å². The van der Waals surface area contributed by atoms with E-state index in [-0.39, 0.29) is 24.8 Å². The Morgan fingerprint density at radius 3 is 2.82 bits per heavy atom. The van der Waals surface area contributed by atoms with Crippen LogP contribution in [0.3, 0.4) is 0 Å². The maximum Gasteiger partial charge on any atom is 0.414 e. The van der Waals surface area contributed by atoms with Crippen molar-refractivity contribution in [2.75, 3.05) is 47.5 Å². The summed E-state index contributed by atoms with van der Waals surface area (Å²) in [6, 6.07) is 6.36. The highest BCUT2D eigenvalue weighted by molar-refractivity contribution is 7.99. The zero-order valence-corrected chi connectivity index (χ0v) is 15.9. The number of thioether (sulfide) groups is 1. The van der Waals surface area contributed by atoms with Gasteiger partial charge in [0.2, 0.25) is 0 Å². The van der Waals surface area contributed by atoms with Crippen LogP contribution in [0, 0.1) is 5.82 Å². The molecule has 1 atom stereocenters. The van der Waals surface area contributed by atoms with Gasteiger partial charge in [-0.3, -0.25) is 9.69 Å². The number of carbonyl (C=O) groups is 2. The minimum absolute atomic E-state index is 0.165. The fourth-order valence-electron chi connectivity index (χ4n) is 3.27. The van der Waals surface area contributed by atoms with E-state index in [2.05, 4.69) is 5.32 Å². The Morgan fingerprint density at radius 2 is 2.11 bits per heavy atom. The highest BCUT2D eigenvalue weighted by atomic mass is 32.2. The topological polar surface area (TPSA) is 75.0 Å². The zero-order valence-electron chi connectivity index (χ0n) is 15.1. The summed E-state index contributed by atoms with van der Waals surface area (Å²) in [5, 5.41) is 2.70. The number of ether oxygens (including phenoxy) is 1. The van der Waals surface area contributed by atoms with Crippen molar-refractivity contribution in [3.63, 3.8) is 0 Å². The normalized spacial score (nSPS) is 19.6. The summed E-state index contributed by atoms with van der Waals surface area (Å²) in [4.78, 5) is 27.5. The molecule has 4 rings (SSSR count). The van der Waals surface area contributed by atoms with Gasteiger partial charge in [-0.1, -0.05) is 0 Å². The van der Waals surface area contributed by atoms with Crippen molar-refractivity contribution in [2.45, 2.75) is 6.10 Å². The molecule has 7 nitrogen and oxygen atoms in total. The molecule has 0 radical (unpaired) electrons. The largest absolute Gasteiger partial charge is 0.472 e. The van der Waals surface area contributed by atoms with Crippen molar-refractivity contribution in [2.24, 2.45) is 0 Å². The number of cyclic esters (lactones) is 1. The standard InChI is InChI=1S/C19H20FN3O4S/c20-16-9-14(1-2-17(16)22-4-7-28-8-5-22)23-11-15(27-19(23)25)10-21-18(24)13-3-6-26-12-13/h1-3,6,9,12,15H,4-5,7-8,10-11H2,(H,21,24)/t15-/m0/s1. The lowest BCUT2D eigenvalue weighted by Gasteiger charge is -2.29. The van der Waals surface area contributed by atoms with E-state index in [1.54, 1.807) is 18.2 Å². The van der Waals surface area contributed by atoms with Crippen LogP contribution in [0.2, 0.25) is 0 Å². The molecule has 2 aromatic rings. The molecule has 0 bridgehead atoms. The van der Waals surface area contributed by atoms with Gasteiger partial charge in [0, 0.05) is 24.6 Å². The second-order valence-corrected chi connectivity index (χ2v) is 7.80. The van der Waals surface area contributed by atoms with E-state index < -0.39 is 12.2 Å². The van der Waals surface area contributed by atoms with Crippen LogP contribution in [-0.4, -0.2) is 55.8 Å². The molecule has 28 heavy (non-hydrogen) atoms. The Morgan fingerprint density at radius 1 is 1.29 bits per heavy atom. The van der Waals surface area contributed by atoms with Gasteiger partial charge in [-0.25, -0.2) is 9.18 Å². The predicted molar refractivity (Wildman–Crippen MR) is 105 cm³/mol. The van der Waals surface area contributed by atoms with E-state index >= 15 is 0 Å². The second kappa shape index (κ2) is 8.14. The molecule has 148 valence electrons. The van der Waals surface area contributed by atoms with Crippen molar-refractivity contribution in [1.82, 2.24) is 5.32 Å². The van der Waals surface area contributed by atoms with Crippen LogP contribution in [0.5, 0.6) is 0 Å². The van der Waals surface area contributed by atoms with Gasteiger partial charge < -0.3 is 19.4 Å². The van der Waals surface area contributed by atoms with Crippen LogP contribution in [-0.2, 0) is 4.74 Å². The molecular weight excluding hydrogens is 385 g/mol. The second-order valence-electron chi connectivity index (χ2n) is 6.57. The number of anilines is 2. The van der Waals surface area contributed by atoms with Crippen molar-refractivity contribution >= 4 is 35.1 Å². The van der Waals surface area contributed by atoms with Crippen molar-refractivity contribution in [1.29, 1.82) is 0 Å². The summed E-state index contributed by atoms with van der Waals surface area (Å²) >= 11 is 1.86. The monoisotopic (exact) mass is 405 g/mol. The summed E-state index contributed by atoms with van der Waals surface area (Å²) < 4.78 is 24.8. The van der Waals surface area contributed by atoms with E-state index in [9.17, 15) is 14.0 Å². The number of rotatable bonds is 5. The quantitative estimate of drug-likeness (QED) is 0.825. The molecule has 2 fully saturated rings. The average molecular weight is 405 g/mol. The Bertz CT molecular complexity index is 855. The molecule has 2 amide bonds. The number of amides is 2. The summed E-state index contributed by atoms with van der Waals surface area (Å²) in [5.74, 6) is 1.30. The third-order valence-corrected chi connectivity index (χ3v) is 5.68. The van der Waals surface area contributed by atoms with E-state index in [0.717, 1.165) is 24.6 Å². The first-order valence-corrected chi connectivity index (χ1v) is 10.2. The highest BCUT2D eigenvalue weighted by Gasteiger charge is 2.33. The van der Waals surface area contributed by atoms with Gasteiger partial charge in [-0.05, 0) is 24.3 Å². The molecule has 2 saturated heterocycles. The Balaban J connectivity index is 1.38. The lowest BCUT2D eigenvalue weighted by molar-refractivity contribution is 0.0915. The Kier molecular flexibility index (Phi) is 5.43. The number of hydrogen-bond acceptors (Lipinski definition) is 6. The maximum absolute atomic E-state index is 14.6. The smallest absolute Gasteiger partial charge is 0.414 e. The van der Waals surface area contributed by atoms with Crippen LogP contribution < -0.4 is 15.1 Å². The number of nitrogens with one attached hydrogen (secondary N) is 1. The molecule has 0 spiro atoms. The molecule has 2 aliphatic rings. The van der Waals surface area contributed by atoms with E-state index in [0.29, 0.717) is 16.9 Å². The summed E-state index contributed by atoms with van der Waals surface area (Å²) in [6.45, 7) is 2.03. The summed E-state index contributed by atoms with van der Waals surface area (Å²) in [5.41, 5.74) is 1.40. The van der Waals surface area contributed by atoms with E-state index in [1.165, 1.54) is 23.5 Å². The first-order valence-electron chi connectivity index (χ1n) is 9.02. The average Bonchev–Trinajstić information content (AvgIpc) is 3.37. The molecule has 2 aliphatic heterocycles. The lowest BCUT2D eigenvalue weighted by atomic mass is 10.2. The fourth-order valence-corrected chi connectivity index (χ4v) is 4.17. The third-order valence-electron chi connectivity index (χ3n) is 4.74. The molecule has 0 saturated carbocycles. The molecule has 3 heterocycles. The number of benzene rings is 1. The van der Waals surface area contributed by atoms with Gasteiger partial charge in [-0.15, -0.1) is 0 Å². The van der Waals surface area contributed by atoms with Gasteiger partial charge in [0.05, 0.1) is 36.3 Å². The first kappa shape index (κ1) is 18.7. The van der Waals surface area contributed by atoms with E-state index in [4.69, 9.17) is 9.15 Å². The molecule has 0 aliphatic carbocycles. The molecule has 1 aromatic carbocycles. The molecule has 1 aromatic heterocycles. The minimum atomic E-state index is -0.552. The maximum atomic E-state index is 14.6. The zero-order chi connectivity index (χ0) is 19.5. The number of hydrogen-bond donors (Lipinski definition) is 1. The van der Waals surface area contributed by atoms with Crippen LogP contribution in [0.15, 0.2) is 41.2 Å². The lowest BCUT2D eigenvalue weighted by Crippen LogP contribution is -2.34. The summed E-state index contributed by atoms with van der Waals surface area (Å²) in [6.07, 6.45) is 1.69. The molecule has 1 N–H and O–H groups in total. The third kappa shape index (κ3) is 3.94. The SMILES string of the molecule is O=C(NC[C@H]1CN(c2ccc(N3CCSCC3)c(F)c2)C(=O)O1)c1ccoc1. The molecule has 9 heteroatoms. The fraction of sp³-hybridized carbons (Fsp3) is 0.368. The minimum Gasteiger partial charge on any atom is -0.472 e.